The molecule has 0 radical (unpaired) electrons. The molecule has 2 aromatic rings. The molecule has 1 aromatic carbocycles. The Morgan fingerprint density at radius 2 is 1.96 bits per heavy atom. The quantitative estimate of drug-likeness (QED) is 0.873. The largest absolute Gasteiger partial charge is 0.378 e. The van der Waals surface area contributed by atoms with Gasteiger partial charge in [-0.05, 0) is 56.9 Å². The lowest BCUT2D eigenvalue weighted by Crippen LogP contribution is -2.38. The summed E-state index contributed by atoms with van der Waals surface area (Å²) in [6.07, 6.45) is 6.68. The van der Waals surface area contributed by atoms with E-state index in [-0.39, 0.29) is 5.91 Å². The first-order chi connectivity index (χ1) is 12.7. The Bertz CT molecular complexity index is 758. The third-order valence-electron chi connectivity index (χ3n) is 5.45. The second-order valence-electron chi connectivity index (χ2n) is 7.30. The Labute approximate surface area is 154 Å². The molecule has 4 rings (SSSR count). The smallest absolute Gasteiger partial charge is 0.257 e. The minimum Gasteiger partial charge on any atom is -0.378 e. The van der Waals surface area contributed by atoms with E-state index in [0.717, 1.165) is 36.5 Å². The molecule has 1 saturated carbocycles. The van der Waals surface area contributed by atoms with Crippen molar-refractivity contribution in [2.75, 3.05) is 17.2 Å². The molecule has 136 valence electrons. The van der Waals surface area contributed by atoms with E-state index in [4.69, 9.17) is 4.74 Å². The minimum atomic E-state index is -0.144. The van der Waals surface area contributed by atoms with Crippen LogP contribution in [0.2, 0.25) is 0 Å². The van der Waals surface area contributed by atoms with E-state index in [1.807, 2.05) is 43.3 Å². The normalized spacial score (nSPS) is 24.7. The van der Waals surface area contributed by atoms with Gasteiger partial charge in [0.05, 0.1) is 11.7 Å². The molecule has 1 aromatic heterocycles. The highest BCUT2D eigenvalue weighted by Crippen LogP contribution is 2.35. The maximum absolute atomic E-state index is 12.4. The van der Waals surface area contributed by atoms with E-state index >= 15 is 0 Å². The molecule has 2 N–H and O–H groups in total. The molecule has 5 nitrogen and oxygen atoms in total. The first kappa shape index (κ1) is 17.0. The van der Waals surface area contributed by atoms with E-state index in [2.05, 4.69) is 15.6 Å². The number of anilines is 2. The first-order valence-electron chi connectivity index (χ1n) is 9.41. The van der Waals surface area contributed by atoms with Crippen molar-refractivity contribution in [2.45, 2.75) is 44.8 Å². The molecule has 26 heavy (non-hydrogen) atoms. The number of aryl methyl sites for hydroxylation is 1. The number of fused-ring (bicyclic) bond motifs is 1. The highest BCUT2D eigenvalue weighted by atomic mass is 16.5. The minimum absolute atomic E-state index is 0.144. The number of pyridine rings is 1. The topological polar surface area (TPSA) is 63.2 Å². The molecular weight excluding hydrogens is 326 g/mol. The Kier molecular flexibility index (Phi) is 4.89. The zero-order chi connectivity index (χ0) is 17.9. The Morgan fingerprint density at radius 1 is 1.12 bits per heavy atom. The summed E-state index contributed by atoms with van der Waals surface area (Å²) in [5, 5.41) is 6.45. The van der Waals surface area contributed by atoms with Crippen molar-refractivity contribution in [1.82, 2.24) is 4.98 Å². The van der Waals surface area contributed by atoms with Gasteiger partial charge in [0, 0.05) is 30.5 Å². The third-order valence-corrected chi connectivity index (χ3v) is 5.45. The number of benzene rings is 1. The number of nitrogens with one attached hydrogen (secondary N) is 2. The van der Waals surface area contributed by atoms with Crippen LogP contribution in [0.4, 0.5) is 11.5 Å². The van der Waals surface area contributed by atoms with Crippen LogP contribution in [-0.4, -0.2) is 29.6 Å². The van der Waals surface area contributed by atoms with Gasteiger partial charge in [-0.3, -0.25) is 4.79 Å². The lowest BCUT2D eigenvalue weighted by atomic mass is 9.82. The average Bonchev–Trinajstić information content (AvgIpc) is 3.14. The molecule has 1 aliphatic carbocycles. The standard InChI is InChI=1S/C21H25N3O2/c1-14-5-8-16(9-6-14)23-21(25)15-7-10-20(22-13-15)24-18-3-2-4-19-17(18)11-12-26-19/h5-10,13,17-19H,2-4,11-12H2,1H3,(H,22,24)(H,23,25). The number of carbonyl (C=O) groups excluding carboxylic acids is 1. The molecular formula is C21H25N3O2. The van der Waals surface area contributed by atoms with Crippen LogP contribution in [0, 0.1) is 12.8 Å². The molecule has 2 fully saturated rings. The van der Waals surface area contributed by atoms with Gasteiger partial charge in [0.1, 0.15) is 5.82 Å². The molecule has 2 heterocycles. The number of rotatable bonds is 4. The number of hydrogen-bond donors (Lipinski definition) is 2. The van der Waals surface area contributed by atoms with Crippen molar-refractivity contribution in [3.05, 3.63) is 53.7 Å². The van der Waals surface area contributed by atoms with Gasteiger partial charge in [-0.1, -0.05) is 17.7 Å². The summed E-state index contributed by atoms with van der Waals surface area (Å²) >= 11 is 0. The van der Waals surface area contributed by atoms with Gasteiger partial charge in [-0.25, -0.2) is 4.98 Å². The Balaban J connectivity index is 1.38. The van der Waals surface area contributed by atoms with E-state index in [1.54, 1.807) is 6.20 Å². The summed E-state index contributed by atoms with van der Waals surface area (Å²) < 4.78 is 5.83. The molecule has 5 heteroatoms. The Hall–Kier alpha value is -2.40. The molecule has 2 aliphatic rings. The Morgan fingerprint density at radius 3 is 2.73 bits per heavy atom. The van der Waals surface area contributed by atoms with Crippen molar-refractivity contribution >= 4 is 17.4 Å². The van der Waals surface area contributed by atoms with Crippen LogP contribution < -0.4 is 10.6 Å². The molecule has 1 amide bonds. The van der Waals surface area contributed by atoms with Gasteiger partial charge in [0.25, 0.3) is 5.91 Å². The van der Waals surface area contributed by atoms with E-state index in [9.17, 15) is 4.79 Å². The van der Waals surface area contributed by atoms with E-state index < -0.39 is 0 Å². The average molecular weight is 351 g/mol. The highest BCUT2D eigenvalue weighted by molar-refractivity contribution is 6.04. The fourth-order valence-corrected chi connectivity index (χ4v) is 4.00. The second-order valence-corrected chi connectivity index (χ2v) is 7.30. The van der Waals surface area contributed by atoms with Gasteiger partial charge in [0.2, 0.25) is 0 Å². The molecule has 1 aliphatic heterocycles. The number of carbonyl (C=O) groups is 1. The van der Waals surface area contributed by atoms with Gasteiger partial charge < -0.3 is 15.4 Å². The van der Waals surface area contributed by atoms with Crippen molar-refractivity contribution in [3.63, 3.8) is 0 Å². The number of amides is 1. The second kappa shape index (κ2) is 7.46. The lowest BCUT2D eigenvalue weighted by Gasteiger charge is -2.33. The van der Waals surface area contributed by atoms with E-state index in [1.165, 1.54) is 12.8 Å². The van der Waals surface area contributed by atoms with Crippen LogP contribution in [0.3, 0.4) is 0 Å². The van der Waals surface area contributed by atoms with Crippen molar-refractivity contribution in [3.8, 4) is 0 Å². The summed E-state index contributed by atoms with van der Waals surface area (Å²) in [7, 11) is 0. The SMILES string of the molecule is Cc1ccc(NC(=O)c2ccc(NC3CCCC4OCCC34)nc2)cc1. The van der Waals surface area contributed by atoms with Crippen molar-refractivity contribution in [1.29, 1.82) is 0 Å². The number of aromatic nitrogens is 1. The fourth-order valence-electron chi connectivity index (χ4n) is 4.00. The zero-order valence-corrected chi connectivity index (χ0v) is 15.1. The molecule has 3 atom stereocenters. The third kappa shape index (κ3) is 3.73. The lowest BCUT2D eigenvalue weighted by molar-refractivity contribution is 0.0619. The van der Waals surface area contributed by atoms with Gasteiger partial charge in [0.15, 0.2) is 0 Å². The predicted molar refractivity (Wildman–Crippen MR) is 102 cm³/mol. The zero-order valence-electron chi connectivity index (χ0n) is 15.1. The molecule has 0 bridgehead atoms. The number of nitrogens with zero attached hydrogens (tertiary/aromatic N) is 1. The summed E-state index contributed by atoms with van der Waals surface area (Å²) in [6.45, 7) is 2.90. The predicted octanol–water partition coefficient (Wildman–Crippen LogP) is 4.01. The molecule has 0 spiro atoms. The molecule has 1 saturated heterocycles. The van der Waals surface area contributed by atoms with Crippen LogP contribution in [0.1, 0.15) is 41.6 Å². The number of ether oxygens (including phenoxy) is 1. The van der Waals surface area contributed by atoms with Crippen LogP contribution >= 0.6 is 0 Å². The first-order valence-corrected chi connectivity index (χ1v) is 9.41. The molecule has 3 unspecified atom stereocenters. The van der Waals surface area contributed by atoms with Crippen LogP contribution in [0.15, 0.2) is 42.6 Å². The van der Waals surface area contributed by atoms with Crippen molar-refractivity contribution < 1.29 is 9.53 Å². The summed E-state index contributed by atoms with van der Waals surface area (Å²) in [5.41, 5.74) is 2.51. The maximum Gasteiger partial charge on any atom is 0.257 e. The van der Waals surface area contributed by atoms with E-state index in [0.29, 0.717) is 23.6 Å². The number of hydrogen-bond acceptors (Lipinski definition) is 4. The monoisotopic (exact) mass is 351 g/mol. The summed E-state index contributed by atoms with van der Waals surface area (Å²) in [5.74, 6) is 1.26. The van der Waals surface area contributed by atoms with Crippen molar-refractivity contribution in [2.24, 2.45) is 5.92 Å². The highest BCUT2D eigenvalue weighted by Gasteiger charge is 2.37. The van der Waals surface area contributed by atoms with Gasteiger partial charge in [-0.15, -0.1) is 0 Å². The van der Waals surface area contributed by atoms with Crippen LogP contribution in [-0.2, 0) is 4.74 Å². The van der Waals surface area contributed by atoms with Crippen LogP contribution in [0.25, 0.3) is 0 Å². The maximum atomic E-state index is 12.4. The fraction of sp³-hybridized carbons (Fsp3) is 0.429. The summed E-state index contributed by atoms with van der Waals surface area (Å²) in [4.78, 5) is 16.8. The van der Waals surface area contributed by atoms with Gasteiger partial charge in [-0.2, -0.15) is 0 Å². The summed E-state index contributed by atoms with van der Waals surface area (Å²) in [6, 6.07) is 11.9. The van der Waals surface area contributed by atoms with Gasteiger partial charge >= 0.3 is 0 Å². The van der Waals surface area contributed by atoms with Crippen LogP contribution in [0.5, 0.6) is 0 Å².